The number of para-hydroxylation sites is 1. The van der Waals surface area contributed by atoms with Crippen molar-refractivity contribution < 1.29 is 39.3 Å². The third kappa shape index (κ3) is 9.15. The number of imidazole rings is 1. The highest BCUT2D eigenvalue weighted by molar-refractivity contribution is 5.95. The molecule has 4 aromatic rings. The van der Waals surface area contributed by atoms with E-state index < -0.39 is 53.8 Å². The quantitative estimate of drug-likeness (QED) is 0.0818. The molecular formula is C31H35N7O8. The molecule has 0 aliphatic carbocycles. The molecule has 0 spiro atoms. The van der Waals surface area contributed by atoms with E-state index >= 15 is 0 Å². The Kier molecular flexibility index (Phi) is 11.1. The lowest BCUT2D eigenvalue weighted by atomic mass is 10.0. The third-order valence-corrected chi connectivity index (χ3v) is 7.34. The number of carbonyl (C=O) groups is 5. The van der Waals surface area contributed by atoms with Crippen LogP contribution in [0.3, 0.4) is 0 Å². The summed E-state index contributed by atoms with van der Waals surface area (Å²) in [6.45, 7) is 0. The van der Waals surface area contributed by atoms with Crippen LogP contribution in [0.1, 0.15) is 29.7 Å². The first-order valence-corrected chi connectivity index (χ1v) is 14.4. The molecule has 242 valence electrons. The van der Waals surface area contributed by atoms with Crippen LogP contribution in [0.25, 0.3) is 10.9 Å². The van der Waals surface area contributed by atoms with Crippen LogP contribution in [0.5, 0.6) is 5.75 Å². The number of hydrogen-bond donors (Lipinski definition) is 9. The van der Waals surface area contributed by atoms with E-state index in [2.05, 4.69) is 30.9 Å². The average Bonchev–Trinajstić information content (AvgIpc) is 3.69. The number of H-pyrrole nitrogens is 2. The molecule has 0 aliphatic heterocycles. The Morgan fingerprint density at radius 2 is 1.46 bits per heavy atom. The lowest BCUT2D eigenvalue weighted by Gasteiger charge is -2.25. The number of aromatic hydroxyl groups is 1. The summed E-state index contributed by atoms with van der Waals surface area (Å²) in [5.41, 5.74) is 8.36. The molecule has 46 heavy (non-hydrogen) atoms. The number of phenols is 1. The SMILES string of the molecule is NC(CCC(=O)O)C(=O)NC(Cc1cnc[nH]1)C(=O)NC(Cc1c[nH]c2ccccc12)C(=O)NC(Cc1ccc(O)cc1)C(=O)O. The second-order valence-corrected chi connectivity index (χ2v) is 10.8. The number of nitrogens with zero attached hydrogens (tertiary/aromatic N) is 1. The standard InChI is InChI=1S/C31H35N7O8/c32-22(9-10-27(40)41)28(42)36-25(13-19-15-33-16-35-19)30(44)37-24(12-18-14-34-23-4-2-1-3-21(18)23)29(43)38-26(31(45)46)11-17-5-7-20(39)8-6-17/h1-8,14-16,22,24-26,34,39H,9-13,32H2,(H,33,35)(H,36,42)(H,37,44)(H,38,43)(H,40,41)(H,45,46). The second-order valence-electron chi connectivity index (χ2n) is 10.8. The van der Waals surface area contributed by atoms with E-state index in [1.807, 2.05) is 24.3 Å². The van der Waals surface area contributed by atoms with Crippen molar-refractivity contribution in [2.75, 3.05) is 0 Å². The summed E-state index contributed by atoms with van der Waals surface area (Å²) >= 11 is 0. The van der Waals surface area contributed by atoms with Crippen LogP contribution >= 0.6 is 0 Å². The second kappa shape index (κ2) is 15.3. The topological polar surface area (TPSA) is 253 Å². The Morgan fingerprint density at radius 3 is 2.11 bits per heavy atom. The molecule has 15 nitrogen and oxygen atoms in total. The van der Waals surface area contributed by atoms with E-state index in [9.17, 15) is 34.2 Å². The number of nitrogens with two attached hydrogens (primary N) is 1. The maximum Gasteiger partial charge on any atom is 0.326 e. The number of aromatic nitrogens is 3. The summed E-state index contributed by atoms with van der Waals surface area (Å²) in [6, 6.07) is 8.08. The van der Waals surface area contributed by atoms with Gasteiger partial charge in [-0.1, -0.05) is 30.3 Å². The highest BCUT2D eigenvalue weighted by atomic mass is 16.4. The normalized spacial score (nSPS) is 13.7. The van der Waals surface area contributed by atoms with Gasteiger partial charge in [0.25, 0.3) is 0 Å². The zero-order valence-electron chi connectivity index (χ0n) is 24.6. The van der Waals surface area contributed by atoms with Gasteiger partial charge in [-0.15, -0.1) is 0 Å². The lowest BCUT2D eigenvalue weighted by molar-refractivity contribution is -0.142. The summed E-state index contributed by atoms with van der Waals surface area (Å²) in [6.07, 6.45) is 3.82. The maximum absolute atomic E-state index is 13.7. The van der Waals surface area contributed by atoms with E-state index in [0.717, 1.165) is 10.9 Å². The number of fused-ring (bicyclic) bond motifs is 1. The summed E-state index contributed by atoms with van der Waals surface area (Å²) in [4.78, 5) is 73.2. The van der Waals surface area contributed by atoms with Gasteiger partial charge in [0.2, 0.25) is 17.7 Å². The monoisotopic (exact) mass is 633 g/mol. The third-order valence-electron chi connectivity index (χ3n) is 7.34. The van der Waals surface area contributed by atoms with Gasteiger partial charge in [-0.25, -0.2) is 9.78 Å². The van der Waals surface area contributed by atoms with Gasteiger partial charge in [-0.2, -0.15) is 0 Å². The fourth-order valence-electron chi connectivity index (χ4n) is 4.86. The number of carboxylic acids is 2. The molecule has 4 rings (SSSR count). The number of aliphatic carboxylic acids is 2. The van der Waals surface area contributed by atoms with E-state index in [1.54, 1.807) is 6.20 Å². The number of phenolic OH excluding ortho intramolecular Hbond substituents is 1. The van der Waals surface area contributed by atoms with Gasteiger partial charge >= 0.3 is 11.9 Å². The minimum atomic E-state index is -1.37. The van der Waals surface area contributed by atoms with E-state index in [0.29, 0.717) is 16.8 Å². The van der Waals surface area contributed by atoms with Crippen LogP contribution < -0.4 is 21.7 Å². The number of nitrogens with one attached hydrogen (secondary N) is 5. The first kappa shape index (κ1) is 33.2. The van der Waals surface area contributed by atoms with E-state index in [1.165, 1.54) is 36.8 Å². The first-order valence-electron chi connectivity index (χ1n) is 14.4. The zero-order valence-corrected chi connectivity index (χ0v) is 24.6. The molecular weight excluding hydrogens is 598 g/mol. The summed E-state index contributed by atoms with van der Waals surface area (Å²) in [5, 5.41) is 36.9. The van der Waals surface area contributed by atoms with Crippen molar-refractivity contribution in [1.29, 1.82) is 0 Å². The molecule has 4 atom stereocenters. The van der Waals surface area contributed by atoms with Gasteiger partial charge in [0, 0.05) is 54.7 Å². The van der Waals surface area contributed by atoms with Crippen LogP contribution in [0.2, 0.25) is 0 Å². The summed E-state index contributed by atoms with van der Waals surface area (Å²) in [5.74, 6) is -4.75. The van der Waals surface area contributed by atoms with Crippen LogP contribution in [-0.4, -0.2) is 84.1 Å². The van der Waals surface area contributed by atoms with Crippen LogP contribution in [0.15, 0.2) is 67.3 Å². The highest BCUT2D eigenvalue weighted by Gasteiger charge is 2.31. The van der Waals surface area contributed by atoms with Crippen LogP contribution in [-0.2, 0) is 43.2 Å². The Labute approximate surface area is 262 Å². The number of carboxylic acid groups (broad SMARTS) is 2. The Morgan fingerprint density at radius 1 is 0.804 bits per heavy atom. The molecule has 2 heterocycles. The van der Waals surface area contributed by atoms with Crippen LogP contribution in [0, 0.1) is 0 Å². The fourth-order valence-corrected chi connectivity index (χ4v) is 4.86. The van der Waals surface area contributed by atoms with Gasteiger partial charge in [-0.3, -0.25) is 19.2 Å². The van der Waals surface area contributed by atoms with Crippen molar-refractivity contribution in [3.05, 3.63) is 84.1 Å². The Hall–Kier alpha value is -5.70. The van der Waals surface area contributed by atoms with Crippen molar-refractivity contribution >= 4 is 40.6 Å². The molecule has 0 bridgehead atoms. The number of carbonyl (C=O) groups excluding carboxylic acids is 3. The van der Waals surface area contributed by atoms with E-state index in [-0.39, 0.29) is 37.9 Å². The lowest BCUT2D eigenvalue weighted by Crippen LogP contribution is -2.58. The number of benzene rings is 2. The van der Waals surface area contributed by atoms with Crippen molar-refractivity contribution in [2.45, 2.75) is 56.3 Å². The molecule has 0 aliphatic rings. The molecule has 0 fully saturated rings. The Bertz CT molecular complexity index is 1670. The van der Waals surface area contributed by atoms with Gasteiger partial charge in [0.15, 0.2) is 0 Å². The number of hydrogen-bond acceptors (Lipinski definition) is 8. The van der Waals surface area contributed by atoms with Gasteiger partial charge in [-0.05, 0) is 35.7 Å². The van der Waals surface area contributed by atoms with Crippen molar-refractivity contribution in [2.24, 2.45) is 5.73 Å². The zero-order chi connectivity index (χ0) is 33.2. The minimum Gasteiger partial charge on any atom is -0.508 e. The molecule has 3 amide bonds. The molecule has 4 unspecified atom stereocenters. The molecule has 0 radical (unpaired) electrons. The van der Waals surface area contributed by atoms with Crippen molar-refractivity contribution in [3.63, 3.8) is 0 Å². The Balaban J connectivity index is 1.58. The fraction of sp³-hybridized carbons (Fsp3) is 0.290. The van der Waals surface area contributed by atoms with Gasteiger partial charge in [0.05, 0.1) is 12.4 Å². The largest absolute Gasteiger partial charge is 0.508 e. The molecule has 10 N–H and O–H groups in total. The minimum absolute atomic E-state index is 0.000725. The molecule has 15 heteroatoms. The average molecular weight is 634 g/mol. The smallest absolute Gasteiger partial charge is 0.326 e. The first-order chi connectivity index (χ1) is 22.0. The molecule has 0 saturated carbocycles. The van der Waals surface area contributed by atoms with Gasteiger partial charge in [0.1, 0.15) is 23.9 Å². The van der Waals surface area contributed by atoms with Crippen molar-refractivity contribution in [3.8, 4) is 5.75 Å². The predicted octanol–water partition coefficient (Wildman–Crippen LogP) is 0.356. The van der Waals surface area contributed by atoms with Gasteiger partial charge < -0.3 is 47.0 Å². The molecule has 2 aromatic heterocycles. The number of amides is 3. The van der Waals surface area contributed by atoms with E-state index in [4.69, 9.17) is 10.8 Å². The number of rotatable bonds is 16. The maximum atomic E-state index is 13.7. The highest BCUT2D eigenvalue weighted by Crippen LogP contribution is 2.20. The summed E-state index contributed by atoms with van der Waals surface area (Å²) < 4.78 is 0. The van der Waals surface area contributed by atoms with Crippen molar-refractivity contribution in [1.82, 2.24) is 30.9 Å². The van der Waals surface area contributed by atoms with Crippen LogP contribution in [0.4, 0.5) is 0 Å². The predicted molar refractivity (Wildman–Crippen MR) is 164 cm³/mol. The summed E-state index contributed by atoms with van der Waals surface area (Å²) in [7, 11) is 0. The number of aromatic amines is 2. The molecule has 2 aromatic carbocycles. The molecule has 0 saturated heterocycles.